The highest BCUT2D eigenvalue weighted by Crippen LogP contribution is 2.27. The van der Waals surface area contributed by atoms with Gasteiger partial charge in [0.15, 0.2) is 0 Å². The molecule has 0 saturated carbocycles. The SMILES string of the molecule is NC(=O)c1c(F)cccc1Oc1ncncc1I. The number of hydrogen-bond acceptors (Lipinski definition) is 4. The van der Waals surface area contributed by atoms with E-state index < -0.39 is 11.7 Å². The summed E-state index contributed by atoms with van der Waals surface area (Å²) in [6, 6.07) is 4.00. The highest BCUT2D eigenvalue weighted by atomic mass is 127. The van der Waals surface area contributed by atoms with E-state index in [1.807, 2.05) is 22.6 Å². The van der Waals surface area contributed by atoms with E-state index in [4.69, 9.17) is 10.5 Å². The zero-order valence-corrected chi connectivity index (χ0v) is 11.1. The van der Waals surface area contributed by atoms with Gasteiger partial charge >= 0.3 is 0 Å². The predicted molar refractivity (Wildman–Crippen MR) is 69.7 cm³/mol. The van der Waals surface area contributed by atoms with Gasteiger partial charge in [-0.1, -0.05) is 6.07 Å². The molecule has 1 amide bonds. The molecule has 2 N–H and O–H groups in total. The Morgan fingerprint density at radius 3 is 2.89 bits per heavy atom. The molecule has 0 saturated heterocycles. The van der Waals surface area contributed by atoms with Crippen LogP contribution in [0.1, 0.15) is 10.4 Å². The van der Waals surface area contributed by atoms with Crippen molar-refractivity contribution in [3.8, 4) is 11.6 Å². The fourth-order valence-electron chi connectivity index (χ4n) is 1.31. The topological polar surface area (TPSA) is 78.1 Å². The Balaban J connectivity index is 2.44. The molecular formula is C11H7FIN3O2. The van der Waals surface area contributed by atoms with Crippen LogP contribution in [-0.2, 0) is 0 Å². The summed E-state index contributed by atoms with van der Waals surface area (Å²) in [6.45, 7) is 0. The van der Waals surface area contributed by atoms with Crippen LogP contribution in [0.15, 0.2) is 30.7 Å². The van der Waals surface area contributed by atoms with Gasteiger partial charge in [-0.3, -0.25) is 4.79 Å². The maximum absolute atomic E-state index is 13.5. The number of carbonyl (C=O) groups is 1. The second-order valence-electron chi connectivity index (χ2n) is 3.26. The van der Waals surface area contributed by atoms with Crippen LogP contribution in [0.4, 0.5) is 4.39 Å². The Kier molecular flexibility index (Phi) is 3.70. The number of hydrogen-bond donors (Lipinski definition) is 1. The molecule has 7 heteroatoms. The van der Waals surface area contributed by atoms with Gasteiger partial charge in [0.05, 0.1) is 3.57 Å². The van der Waals surface area contributed by atoms with Gasteiger partial charge in [-0.2, -0.15) is 0 Å². The molecule has 1 heterocycles. The van der Waals surface area contributed by atoms with Gasteiger partial charge in [-0.25, -0.2) is 14.4 Å². The molecular weight excluding hydrogens is 352 g/mol. The Morgan fingerprint density at radius 2 is 2.22 bits per heavy atom. The van der Waals surface area contributed by atoms with Gasteiger partial charge in [-0.05, 0) is 34.7 Å². The van der Waals surface area contributed by atoms with Crippen LogP contribution in [0.2, 0.25) is 0 Å². The van der Waals surface area contributed by atoms with Crippen molar-refractivity contribution >= 4 is 28.5 Å². The minimum Gasteiger partial charge on any atom is -0.437 e. The first-order valence-electron chi connectivity index (χ1n) is 4.81. The third kappa shape index (κ3) is 2.55. The first-order valence-corrected chi connectivity index (χ1v) is 5.89. The van der Waals surface area contributed by atoms with Crippen molar-refractivity contribution in [2.75, 3.05) is 0 Å². The molecule has 0 bridgehead atoms. The normalized spacial score (nSPS) is 10.1. The lowest BCUT2D eigenvalue weighted by atomic mass is 10.2. The number of nitrogens with two attached hydrogens (primary N) is 1. The summed E-state index contributed by atoms with van der Waals surface area (Å²) >= 11 is 1.96. The van der Waals surface area contributed by atoms with Gasteiger partial charge in [0.1, 0.15) is 23.5 Å². The molecule has 2 aromatic rings. The van der Waals surface area contributed by atoms with Crippen molar-refractivity contribution in [2.24, 2.45) is 5.73 Å². The van der Waals surface area contributed by atoms with Gasteiger partial charge in [0.25, 0.3) is 5.91 Å². The molecule has 0 aliphatic carbocycles. The third-order valence-electron chi connectivity index (χ3n) is 2.06. The first-order chi connectivity index (χ1) is 8.59. The lowest BCUT2D eigenvalue weighted by Gasteiger charge is -2.09. The molecule has 92 valence electrons. The van der Waals surface area contributed by atoms with E-state index in [1.54, 1.807) is 0 Å². The quantitative estimate of drug-likeness (QED) is 0.852. The van der Waals surface area contributed by atoms with Crippen molar-refractivity contribution in [3.05, 3.63) is 45.7 Å². The molecule has 0 fully saturated rings. The van der Waals surface area contributed by atoms with Gasteiger partial charge < -0.3 is 10.5 Å². The molecule has 5 nitrogen and oxygen atoms in total. The molecule has 0 spiro atoms. The van der Waals surface area contributed by atoms with Crippen molar-refractivity contribution in [1.82, 2.24) is 9.97 Å². The summed E-state index contributed by atoms with van der Waals surface area (Å²) in [6.07, 6.45) is 2.83. The fourth-order valence-corrected chi connectivity index (χ4v) is 1.72. The van der Waals surface area contributed by atoms with Crippen LogP contribution in [0.25, 0.3) is 0 Å². The summed E-state index contributed by atoms with van der Waals surface area (Å²) in [4.78, 5) is 18.9. The molecule has 1 aromatic carbocycles. The van der Waals surface area contributed by atoms with Gasteiger partial charge in [0, 0.05) is 6.20 Å². The lowest BCUT2D eigenvalue weighted by molar-refractivity contribution is 0.0994. The summed E-state index contributed by atoms with van der Waals surface area (Å²) in [5.41, 5.74) is 4.81. The smallest absolute Gasteiger partial charge is 0.255 e. The molecule has 0 aliphatic heterocycles. The van der Waals surface area contributed by atoms with E-state index in [0.29, 0.717) is 3.57 Å². The van der Waals surface area contributed by atoms with Crippen molar-refractivity contribution < 1.29 is 13.9 Å². The van der Waals surface area contributed by atoms with E-state index in [1.165, 1.54) is 24.7 Å². The van der Waals surface area contributed by atoms with Crippen LogP contribution in [-0.4, -0.2) is 15.9 Å². The Labute approximate surface area is 115 Å². The number of carbonyl (C=O) groups excluding carboxylic acids is 1. The largest absolute Gasteiger partial charge is 0.437 e. The van der Waals surface area contributed by atoms with Crippen molar-refractivity contribution in [1.29, 1.82) is 0 Å². The Morgan fingerprint density at radius 1 is 1.44 bits per heavy atom. The van der Waals surface area contributed by atoms with Crippen molar-refractivity contribution in [3.63, 3.8) is 0 Å². The monoisotopic (exact) mass is 359 g/mol. The highest BCUT2D eigenvalue weighted by molar-refractivity contribution is 14.1. The van der Waals surface area contributed by atoms with Crippen LogP contribution in [0.5, 0.6) is 11.6 Å². The number of rotatable bonds is 3. The number of primary amides is 1. The van der Waals surface area contributed by atoms with Gasteiger partial charge in [0.2, 0.25) is 5.88 Å². The van der Waals surface area contributed by atoms with E-state index in [2.05, 4.69) is 9.97 Å². The molecule has 18 heavy (non-hydrogen) atoms. The number of ether oxygens (including phenoxy) is 1. The average Bonchev–Trinajstić information content (AvgIpc) is 2.31. The van der Waals surface area contributed by atoms with Crippen LogP contribution in [0.3, 0.4) is 0 Å². The van der Waals surface area contributed by atoms with Gasteiger partial charge in [-0.15, -0.1) is 0 Å². The Bertz CT molecular complexity index is 607. The van der Waals surface area contributed by atoms with E-state index >= 15 is 0 Å². The maximum Gasteiger partial charge on any atom is 0.255 e. The standard InChI is InChI=1S/C11H7FIN3O2/c12-6-2-1-3-8(9(6)10(14)17)18-11-7(13)4-15-5-16-11/h1-5H,(H2,14,17). The molecule has 2 rings (SSSR count). The third-order valence-corrected chi connectivity index (χ3v) is 2.80. The minimum absolute atomic E-state index is 0.0270. The van der Waals surface area contributed by atoms with Crippen molar-refractivity contribution in [2.45, 2.75) is 0 Å². The number of benzene rings is 1. The van der Waals surface area contributed by atoms with Crippen LogP contribution >= 0.6 is 22.6 Å². The predicted octanol–water partition coefficient (Wildman–Crippen LogP) is 2.11. The summed E-state index contributed by atoms with van der Waals surface area (Å²) in [5.74, 6) is -1.37. The summed E-state index contributed by atoms with van der Waals surface area (Å²) in [5, 5.41) is 0. The minimum atomic E-state index is -0.896. The zero-order chi connectivity index (χ0) is 13.1. The number of halogens is 2. The number of amides is 1. The lowest BCUT2D eigenvalue weighted by Crippen LogP contribution is -2.14. The van der Waals surface area contributed by atoms with Crippen LogP contribution in [0, 0.1) is 9.39 Å². The van der Waals surface area contributed by atoms with E-state index in [0.717, 1.165) is 6.07 Å². The summed E-state index contributed by atoms with van der Waals surface area (Å²) in [7, 11) is 0. The summed E-state index contributed by atoms with van der Waals surface area (Å²) < 4.78 is 19.5. The highest BCUT2D eigenvalue weighted by Gasteiger charge is 2.16. The van der Waals surface area contributed by atoms with E-state index in [-0.39, 0.29) is 17.2 Å². The molecule has 0 aliphatic rings. The molecule has 0 atom stereocenters. The maximum atomic E-state index is 13.5. The first kappa shape index (κ1) is 12.7. The second kappa shape index (κ2) is 5.25. The Hall–Kier alpha value is -1.77. The van der Waals surface area contributed by atoms with E-state index in [9.17, 15) is 9.18 Å². The molecule has 1 aromatic heterocycles. The zero-order valence-electron chi connectivity index (χ0n) is 8.93. The van der Waals surface area contributed by atoms with Crippen LogP contribution < -0.4 is 10.5 Å². The molecule has 0 unspecified atom stereocenters. The number of nitrogens with zero attached hydrogens (tertiary/aromatic N) is 2. The average molecular weight is 359 g/mol. The fraction of sp³-hybridized carbons (Fsp3) is 0. The molecule has 0 radical (unpaired) electrons. The number of aromatic nitrogens is 2. The second-order valence-corrected chi connectivity index (χ2v) is 4.42.